The van der Waals surface area contributed by atoms with E-state index in [1.54, 1.807) is 0 Å². The molecule has 3 nitrogen and oxygen atoms in total. The highest BCUT2D eigenvalue weighted by atomic mass is 16.6. The van der Waals surface area contributed by atoms with Crippen LogP contribution in [0.2, 0.25) is 0 Å². The third-order valence-electron chi connectivity index (χ3n) is 3.41. The van der Waals surface area contributed by atoms with E-state index in [4.69, 9.17) is 4.74 Å². The summed E-state index contributed by atoms with van der Waals surface area (Å²) < 4.78 is 5.43. The predicted molar refractivity (Wildman–Crippen MR) is 81.3 cm³/mol. The summed E-state index contributed by atoms with van der Waals surface area (Å²) in [5, 5.41) is 0. The third-order valence-corrected chi connectivity index (χ3v) is 3.41. The van der Waals surface area contributed by atoms with Crippen LogP contribution in [0.4, 0.5) is 4.79 Å². The fourth-order valence-corrected chi connectivity index (χ4v) is 2.57. The zero-order chi connectivity index (χ0) is 15.1. The van der Waals surface area contributed by atoms with E-state index in [1.165, 1.54) is 12.8 Å². The number of likely N-dealkylation sites (tertiary alicyclic amines) is 1. The second-order valence-corrected chi connectivity index (χ2v) is 6.10. The van der Waals surface area contributed by atoms with Crippen LogP contribution >= 0.6 is 0 Å². The highest BCUT2D eigenvalue weighted by Crippen LogP contribution is 2.30. The van der Waals surface area contributed by atoms with Gasteiger partial charge in [0.25, 0.3) is 0 Å². The molecule has 1 amide bonds. The Labute approximate surface area is 119 Å². The van der Waals surface area contributed by atoms with Crippen LogP contribution in [0.1, 0.15) is 67.7 Å². The van der Waals surface area contributed by atoms with E-state index < -0.39 is 0 Å². The van der Waals surface area contributed by atoms with Crippen molar-refractivity contribution in [2.45, 2.75) is 73.3 Å². The first-order valence-electron chi connectivity index (χ1n) is 7.85. The van der Waals surface area contributed by atoms with Crippen LogP contribution in [0.25, 0.3) is 0 Å². The summed E-state index contributed by atoms with van der Waals surface area (Å²) >= 11 is 0. The summed E-state index contributed by atoms with van der Waals surface area (Å²) in [6, 6.07) is 0. The predicted octanol–water partition coefficient (Wildman–Crippen LogP) is 4.71. The Morgan fingerprint density at radius 3 is 2.11 bits per heavy atom. The Balaban J connectivity index is 0.00000154. The van der Waals surface area contributed by atoms with Crippen LogP contribution in [0.15, 0.2) is 0 Å². The molecule has 1 aliphatic rings. The molecule has 0 aromatic heterocycles. The summed E-state index contributed by atoms with van der Waals surface area (Å²) in [7, 11) is 0. The molecule has 0 radical (unpaired) electrons. The van der Waals surface area contributed by atoms with Crippen molar-refractivity contribution in [3.63, 3.8) is 0 Å². The van der Waals surface area contributed by atoms with Gasteiger partial charge in [-0.3, -0.25) is 0 Å². The summed E-state index contributed by atoms with van der Waals surface area (Å²) in [5.41, 5.74) is -0.387. The molecule has 2 atom stereocenters. The van der Waals surface area contributed by atoms with Crippen molar-refractivity contribution in [2.75, 3.05) is 13.1 Å². The van der Waals surface area contributed by atoms with Gasteiger partial charge in [-0.2, -0.15) is 0 Å². The molecule has 3 heteroatoms. The third kappa shape index (κ3) is 6.31. The summed E-state index contributed by atoms with van der Waals surface area (Å²) in [4.78, 5) is 13.9. The van der Waals surface area contributed by atoms with Gasteiger partial charge in [0.15, 0.2) is 0 Å². The molecular weight excluding hydrogens is 238 g/mol. The largest absolute Gasteiger partial charge is 0.444 e. The maximum Gasteiger partial charge on any atom is 0.410 e. The molecule has 0 saturated carbocycles. The molecule has 1 heterocycles. The van der Waals surface area contributed by atoms with Crippen molar-refractivity contribution >= 4 is 6.09 Å². The Hall–Kier alpha value is -0.730. The van der Waals surface area contributed by atoms with Crippen molar-refractivity contribution in [3.8, 4) is 0 Å². The second-order valence-electron chi connectivity index (χ2n) is 6.10. The van der Waals surface area contributed by atoms with Gasteiger partial charge in [-0.25, -0.2) is 4.79 Å². The Morgan fingerprint density at radius 2 is 1.68 bits per heavy atom. The normalized spacial score (nSPS) is 22.8. The van der Waals surface area contributed by atoms with Crippen LogP contribution in [0.5, 0.6) is 0 Å². The fraction of sp³-hybridized carbons (Fsp3) is 0.938. The topological polar surface area (TPSA) is 29.5 Å². The summed E-state index contributed by atoms with van der Waals surface area (Å²) in [5.74, 6) is 1.32. The lowest BCUT2D eigenvalue weighted by atomic mass is 9.90. The fourth-order valence-electron chi connectivity index (χ4n) is 2.57. The second kappa shape index (κ2) is 8.44. The zero-order valence-electron chi connectivity index (χ0n) is 14.0. The maximum absolute atomic E-state index is 12.0. The number of hydrogen-bond acceptors (Lipinski definition) is 2. The number of hydrogen-bond donors (Lipinski definition) is 0. The highest BCUT2D eigenvalue weighted by molar-refractivity contribution is 5.68. The molecule has 0 aliphatic carbocycles. The summed E-state index contributed by atoms with van der Waals surface area (Å²) in [6.07, 6.45) is 3.43. The molecule has 1 rings (SSSR count). The van der Waals surface area contributed by atoms with Gasteiger partial charge in [0.05, 0.1) is 0 Å². The van der Waals surface area contributed by atoms with E-state index in [0.29, 0.717) is 11.8 Å². The quantitative estimate of drug-likeness (QED) is 0.744. The number of nitrogens with zero attached hydrogens (tertiary/aromatic N) is 1. The number of ether oxygens (including phenoxy) is 1. The number of carbonyl (C=O) groups excluding carboxylic acids is 1. The van der Waals surface area contributed by atoms with Gasteiger partial charge < -0.3 is 9.64 Å². The molecule has 0 spiro atoms. The van der Waals surface area contributed by atoms with Gasteiger partial charge >= 0.3 is 6.09 Å². The van der Waals surface area contributed by atoms with E-state index in [1.807, 2.05) is 39.5 Å². The number of amides is 1. The van der Waals surface area contributed by atoms with Gasteiger partial charge in [0, 0.05) is 13.1 Å². The van der Waals surface area contributed by atoms with Gasteiger partial charge in [-0.15, -0.1) is 0 Å². The molecule has 1 fully saturated rings. The highest BCUT2D eigenvalue weighted by Gasteiger charge is 2.35. The van der Waals surface area contributed by atoms with Gasteiger partial charge in [-0.05, 0) is 39.0 Å². The molecule has 0 aromatic carbocycles. The Kier molecular flexibility index (Phi) is 8.12. The van der Waals surface area contributed by atoms with E-state index in [0.717, 1.165) is 19.5 Å². The summed E-state index contributed by atoms with van der Waals surface area (Å²) in [6.45, 7) is 15.9. The van der Waals surface area contributed by atoms with Gasteiger partial charge in [0.1, 0.15) is 5.60 Å². The average Bonchev–Trinajstić information content (AvgIpc) is 2.73. The minimum atomic E-state index is -0.387. The van der Waals surface area contributed by atoms with Crippen molar-refractivity contribution in [1.82, 2.24) is 4.90 Å². The van der Waals surface area contributed by atoms with E-state index in [2.05, 4.69) is 13.8 Å². The lowest BCUT2D eigenvalue weighted by Crippen LogP contribution is -2.35. The van der Waals surface area contributed by atoms with Crippen molar-refractivity contribution in [1.29, 1.82) is 0 Å². The number of carbonyl (C=O) groups is 1. The first-order valence-corrected chi connectivity index (χ1v) is 7.85. The standard InChI is InChI=1S/C14H27NO2.C2H6/c1-6-8-12-10-15(9-11(12)7-2)13(16)17-14(3,4)5;1-2/h11-12H,6-10H2,1-5H3;1-2H3. The lowest BCUT2D eigenvalue weighted by Gasteiger charge is -2.24. The average molecular weight is 271 g/mol. The Bertz CT molecular complexity index is 258. The van der Waals surface area contributed by atoms with Crippen molar-refractivity contribution < 1.29 is 9.53 Å². The van der Waals surface area contributed by atoms with E-state index in [-0.39, 0.29) is 11.7 Å². The molecule has 1 aliphatic heterocycles. The minimum absolute atomic E-state index is 0.144. The van der Waals surface area contributed by atoms with Gasteiger partial charge in [0.2, 0.25) is 0 Å². The van der Waals surface area contributed by atoms with Crippen molar-refractivity contribution in [2.24, 2.45) is 11.8 Å². The molecule has 0 N–H and O–H groups in total. The van der Waals surface area contributed by atoms with Crippen LogP contribution in [-0.4, -0.2) is 29.7 Å². The molecule has 2 unspecified atom stereocenters. The van der Waals surface area contributed by atoms with Crippen LogP contribution in [-0.2, 0) is 4.74 Å². The molecule has 0 bridgehead atoms. The molecule has 19 heavy (non-hydrogen) atoms. The van der Waals surface area contributed by atoms with E-state index >= 15 is 0 Å². The van der Waals surface area contributed by atoms with Gasteiger partial charge in [-0.1, -0.05) is 40.5 Å². The van der Waals surface area contributed by atoms with Crippen molar-refractivity contribution in [3.05, 3.63) is 0 Å². The SMILES string of the molecule is CC.CCCC1CN(C(=O)OC(C)(C)C)CC1CC. The van der Waals surface area contributed by atoms with Crippen LogP contribution < -0.4 is 0 Å². The lowest BCUT2D eigenvalue weighted by molar-refractivity contribution is 0.0283. The molecule has 114 valence electrons. The number of rotatable bonds is 3. The molecule has 1 saturated heterocycles. The zero-order valence-corrected chi connectivity index (χ0v) is 14.0. The maximum atomic E-state index is 12.0. The van der Waals surface area contributed by atoms with E-state index in [9.17, 15) is 4.79 Å². The van der Waals surface area contributed by atoms with Crippen LogP contribution in [0.3, 0.4) is 0 Å². The van der Waals surface area contributed by atoms with Crippen LogP contribution in [0, 0.1) is 11.8 Å². The smallest absolute Gasteiger partial charge is 0.410 e. The first kappa shape index (κ1) is 18.3. The Morgan fingerprint density at radius 1 is 1.16 bits per heavy atom. The first-order chi connectivity index (χ1) is 8.87. The monoisotopic (exact) mass is 271 g/mol. The molecular formula is C16H33NO2. The molecule has 0 aromatic rings. The minimum Gasteiger partial charge on any atom is -0.444 e.